The highest BCUT2D eigenvalue weighted by atomic mass is 35.5. The van der Waals surface area contributed by atoms with E-state index in [9.17, 15) is 0 Å². The molecule has 132 valence electrons. The van der Waals surface area contributed by atoms with E-state index in [2.05, 4.69) is 53.3 Å². The summed E-state index contributed by atoms with van der Waals surface area (Å²) < 4.78 is 0. The molecule has 0 N–H and O–H groups in total. The van der Waals surface area contributed by atoms with Gasteiger partial charge in [0.25, 0.3) is 0 Å². The minimum Gasteiger partial charge on any atom is -0.354 e. The number of hydrogen-bond acceptors (Lipinski definition) is 3. The van der Waals surface area contributed by atoms with Gasteiger partial charge in [0, 0.05) is 48.3 Å². The van der Waals surface area contributed by atoms with Crippen LogP contribution in [0.5, 0.6) is 0 Å². The first-order chi connectivity index (χ1) is 12.7. The maximum atomic E-state index is 5.97. The lowest BCUT2D eigenvalue weighted by Gasteiger charge is -2.33. The third-order valence-corrected chi connectivity index (χ3v) is 5.19. The highest BCUT2D eigenvalue weighted by Crippen LogP contribution is 2.29. The number of rotatable bonds is 3. The fourth-order valence-corrected chi connectivity index (χ4v) is 3.49. The summed E-state index contributed by atoms with van der Waals surface area (Å²) in [5.41, 5.74) is 2.26. The zero-order chi connectivity index (χ0) is 17.9. The molecule has 0 saturated carbocycles. The van der Waals surface area contributed by atoms with E-state index in [1.165, 1.54) is 10.8 Å². The van der Waals surface area contributed by atoms with Crippen LogP contribution in [-0.4, -0.2) is 43.1 Å². The zero-order valence-corrected chi connectivity index (χ0v) is 15.7. The average Bonchev–Trinajstić information content (AvgIpc) is 2.68. The number of nitrogens with zero attached hydrogens (tertiary/aromatic N) is 3. The molecule has 0 atom stereocenters. The van der Waals surface area contributed by atoms with Gasteiger partial charge in [-0.25, -0.2) is 4.98 Å². The topological polar surface area (TPSA) is 19.4 Å². The van der Waals surface area contributed by atoms with Gasteiger partial charge in [0.2, 0.25) is 0 Å². The van der Waals surface area contributed by atoms with Gasteiger partial charge in [-0.3, -0.25) is 0 Å². The fraction of sp³-hybridized carbons (Fsp3) is 0.227. The molecule has 4 heteroatoms. The largest absolute Gasteiger partial charge is 0.354 e. The number of anilines is 1. The molecule has 0 unspecified atom stereocenters. The number of likely N-dealkylation sites (N-methyl/N-ethyl adjacent to an activating group) is 1. The lowest BCUT2D eigenvalue weighted by Crippen LogP contribution is -2.44. The van der Waals surface area contributed by atoms with Crippen molar-refractivity contribution in [3.63, 3.8) is 0 Å². The molecule has 0 radical (unpaired) electrons. The molecular formula is C22H22ClN3. The van der Waals surface area contributed by atoms with Crippen LogP contribution in [0.3, 0.4) is 0 Å². The molecule has 0 spiro atoms. The molecule has 1 aliphatic heterocycles. The number of piperazine rings is 1. The van der Waals surface area contributed by atoms with Crippen molar-refractivity contribution in [1.82, 2.24) is 9.88 Å². The van der Waals surface area contributed by atoms with Crippen molar-refractivity contribution in [2.45, 2.75) is 0 Å². The lowest BCUT2D eigenvalue weighted by atomic mass is 10.0. The van der Waals surface area contributed by atoms with Crippen molar-refractivity contribution in [1.29, 1.82) is 0 Å². The molecule has 0 aliphatic carbocycles. The Morgan fingerprint density at radius 2 is 1.58 bits per heavy atom. The number of pyridine rings is 1. The second-order valence-electron chi connectivity index (χ2n) is 6.76. The standard InChI is InChI=1S/C22H22ClN3/c1-25-12-14-26(15-13-25)22-21-5-3-2-4-20(21)18(16-24-22)9-6-17-7-10-19(23)11-8-17/h2-11,16H,12-15H2,1H3/b9-6+. The van der Waals surface area contributed by atoms with Crippen LogP contribution in [0.25, 0.3) is 22.9 Å². The predicted molar refractivity (Wildman–Crippen MR) is 112 cm³/mol. The van der Waals surface area contributed by atoms with Crippen LogP contribution < -0.4 is 4.90 Å². The number of halogens is 1. The van der Waals surface area contributed by atoms with E-state index < -0.39 is 0 Å². The van der Waals surface area contributed by atoms with Crippen LogP contribution in [0.2, 0.25) is 5.02 Å². The Bertz CT molecular complexity index is 926. The summed E-state index contributed by atoms with van der Waals surface area (Å²) in [7, 11) is 2.17. The molecule has 4 rings (SSSR count). The van der Waals surface area contributed by atoms with Crippen molar-refractivity contribution in [3.8, 4) is 0 Å². The molecule has 1 fully saturated rings. The molecule has 2 heterocycles. The van der Waals surface area contributed by atoms with Crippen molar-refractivity contribution in [3.05, 3.63) is 70.9 Å². The molecule has 3 aromatic rings. The monoisotopic (exact) mass is 363 g/mol. The van der Waals surface area contributed by atoms with Crippen molar-refractivity contribution >= 4 is 40.3 Å². The molecule has 0 bridgehead atoms. The van der Waals surface area contributed by atoms with Crippen molar-refractivity contribution in [2.24, 2.45) is 0 Å². The van der Waals surface area contributed by atoms with Gasteiger partial charge in [-0.15, -0.1) is 0 Å². The summed E-state index contributed by atoms with van der Waals surface area (Å²) in [5, 5.41) is 3.21. The van der Waals surface area contributed by atoms with Gasteiger partial charge in [0.1, 0.15) is 5.82 Å². The molecule has 2 aromatic carbocycles. The lowest BCUT2D eigenvalue weighted by molar-refractivity contribution is 0.312. The van der Waals surface area contributed by atoms with Gasteiger partial charge < -0.3 is 9.80 Å². The number of fused-ring (bicyclic) bond motifs is 1. The summed E-state index contributed by atoms with van der Waals surface area (Å²) in [6, 6.07) is 16.4. The summed E-state index contributed by atoms with van der Waals surface area (Å²) in [6.45, 7) is 4.20. The van der Waals surface area contributed by atoms with E-state index in [1.54, 1.807) is 0 Å². The summed E-state index contributed by atoms with van der Waals surface area (Å²) in [4.78, 5) is 9.58. The quantitative estimate of drug-likeness (QED) is 0.665. The van der Waals surface area contributed by atoms with Crippen LogP contribution in [0, 0.1) is 0 Å². The van der Waals surface area contributed by atoms with Gasteiger partial charge in [-0.1, -0.05) is 60.2 Å². The Hall–Kier alpha value is -2.36. The second kappa shape index (κ2) is 7.48. The number of hydrogen-bond donors (Lipinski definition) is 0. The second-order valence-corrected chi connectivity index (χ2v) is 7.19. The first kappa shape index (κ1) is 17.1. The van der Waals surface area contributed by atoms with E-state index >= 15 is 0 Å². The minimum atomic E-state index is 0.755. The van der Waals surface area contributed by atoms with Crippen LogP contribution in [0.15, 0.2) is 54.7 Å². The molecule has 26 heavy (non-hydrogen) atoms. The van der Waals surface area contributed by atoms with Gasteiger partial charge >= 0.3 is 0 Å². The fourth-order valence-electron chi connectivity index (χ4n) is 3.36. The highest BCUT2D eigenvalue weighted by molar-refractivity contribution is 6.30. The number of aromatic nitrogens is 1. The molecule has 1 saturated heterocycles. The number of benzene rings is 2. The van der Waals surface area contributed by atoms with Crippen molar-refractivity contribution in [2.75, 3.05) is 38.1 Å². The maximum absolute atomic E-state index is 5.97. The van der Waals surface area contributed by atoms with E-state index in [1.807, 2.05) is 30.5 Å². The van der Waals surface area contributed by atoms with Crippen molar-refractivity contribution < 1.29 is 0 Å². The molecule has 0 amide bonds. The Kier molecular flexibility index (Phi) is 4.91. The third-order valence-electron chi connectivity index (χ3n) is 4.93. The van der Waals surface area contributed by atoms with Crippen LogP contribution in [-0.2, 0) is 0 Å². The third kappa shape index (κ3) is 3.59. The van der Waals surface area contributed by atoms with Crippen LogP contribution in [0.4, 0.5) is 5.82 Å². The van der Waals surface area contributed by atoms with Gasteiger partial charge in [-0.2, -0.15) is 0 Å². The van der Waals surface area contributed by atoms with E-state index in [4.69, 9.17) is 16.6 Å². The smallest absolute Gasteiger partial charge is 0.136 e. The molecule has 1 aromatic heterocycles. The molecule has 1 aliphatic rings. The molecule has 3 nitrogen and oxygen atoms in total. The van der Waals surface area contributed by atoms with E-state index in [0.717, 1.165) is 48.1 Å². The van der Waals surface area contributed by atoms with Crippen LogP contribution in [0.1, 0.15) is 11.1 Å². The Labute approximate surface area is 159 Å². The Balaban J connectivity index is 1.69. The maximum Gasteiger partial charge on any atom is 0.136 e. The van der Waals surface area contributed by atoms with E-state index in [0.29, 0.717) is 0 Å². The average molecular weight is 364 g/mol. The Morgan fingerprint density at radius 1 is 0.885 bits per heavy atom. The first-order valence-electron chi connectivity index (χ1n) is 8.95. The normalized spacial score (nSPS) is 15.8. The SMILES string of the molecule is CN1CCN(c2ncc(/C=C/c3ccc(Cl)cc3)c3ccccc23)CC1. The first-order valence-corrected chi connectivity index (χ1v) is 9.33. The predicted octanol–water partition coefficient (Wildman–Crippen LogP) is 4.81. The summed E-state index contributed by atoms with van der Waals surface area (Å²) >= 11 is 5.97. The molecular weight excluding hydrogens is 342 g/mol. The summed E-state index contributed by atoms with van der Waals surface area (Å²) in [6.07, 6.45) is 6.23. The van der Waals surface area contributed by atoms with Gasteiger partial charge in [0.15, 0.2) is 0 Å². The Morgan fingerprint density at radius 3 is 2.31 bits per heavy atom. The highest BCUT2D eigenvalue weighted by Gasteiger charge is 2.17. The van der Waals surface area contributed by atoms with E-state index in [-0.39, 0.29) is 0 Å². The summed E-state index contributed by atoms with van der Waals surface area (Å²) in [5.74, 6) is 1.09. The minimum absolute atomic E-state index is 0.755. The van der Waals surface area contributed by atoms with Gasteiger partial charge in [-0.05, 0) is 30.1 Å². The zero-order valence-electron chi connectivity index (χ0n) is 14.9. The van der Waals surface area contributed by atoms with Gasteiger partial charge in [0.05, 0.1) is 0 Å². The van der Waals surface area contributed by atoms with Crippen LogP contribution >= 0.6 is 11.6 Å².